The second kappa shape index (κ2) is 10.0. The summed E-state index contributed by atoms with van der Waals surface area (Å²) < 4.78 is 0. The van der Waals surface area contributed by atoms with Gasteiger partial charge in [0.05, 0.1) is 0 Å². The van der Waals surface area contributed by atoms with Gasteiger partial charge in [-0.05, 0) is 32.0 Å². The minimum absolute atomic E-state index is 0.423. The summed E-state index contributed by atoms with van der Waals surface area (Å²) in [6.07, 6.45) is 2.33. The summed E-state index contributed by atoms with van der Waals surface area (Å²) >= 11 is 1.56. The van der Waals surface area contributed by atoms with E-state index in [4.69, 9.17) is 5.11 Å². The van der Waals surface area contributed by atoms with Crippen LogP contribution in [0.1, 0.15) is 13.3 Å². The largest absolute Gasteiger partial charge is 0.480 e. The molecule has 0 heterocycles. The molecule has 0 unspecified atom stereocenters. The summed E-state index contributed by atoms with van der Waals surface area (Å²) in [5.74, 6) is -0.291. The zero-order chi connectivity index (χ0) is 14.0. The van der Waals surface area contributed by atoms with Crippen molar-refractivity contribution in [1.82, 2.24) is 15.5 Å². The molecular weight excluding hydrogens is 254 g/mol. The molecule has 1 atom stereocenters. The lowest BCUT2D eigenvalue weighted by atomic mass is 10.2. The molecule has 0 saturated carbocycles. The summed E-state index contributed by atoms with van der Waals surface area (Å²) in [4.78, 5) is 24.4. The molecule has 0 radical (unpaired) electrons. The molecule has 0 aliphatic heterocycles. The lowest BCUT2D eigenvalue weighted by Gasteiger charge is -2.17. The standard InChI is InChI=1S/C11H23N3O3S/c1-4-14(2)7-6-12-11(17)13-9(10(15)16)5-8-18-3/h9H,4-8H2,1-3H3,(H,15,16)(H2,12,13,17)/t9-/m1/s1. The molecule has 2 amide bonds. The van der Waals surface area contributed by atoms with Crippen molar-refractivity contribution in [3.8, 4) is 0 Å². The number of likely N-dealkylation sites (N-methyl/N-ethyl adjacent to an activating group) is 1. The van der Waals surface area contributed by atoms with Crippen molar-refractivity contribution < 1.29 is 14.7 Å². The number of aliphatic carboxylic acids is 1. The van der Waals surface area contributed by atoms with Crippen LogP contribution < -0.4 is 10.6 Å². The number of nitrogens with zero attached hydrogens (tertiary/aromatic N) is 1. The summed E-state index contributed by atoms with van der Waals surface area (Å²) in [5, 5.41) is 14.0. The normalized spacial score (nSPS) is 12.2. The van der Waals surface area contributed by atoms with Crippen LogP contribution in [0.3, 0.4) is 0 Å². The van der Waals surface area contributed by atoms with Gasteiger partial charge in [0.15, 0.2) is 0 Å². The van der Waals surface area contributed by atoms with E-state index in [1.165, 1.54) is 0 Å². The number of urea groups is 1. The van der Waals surface area contributed by atoms with Crippen molar-refractivity contribution in [2.24, 2.45) is 0 Å². The first-order valence-corrected chi connectivity index (χ1v) is 7.35. The van der Waals surface area contributed by atoms with E-state index in [-0.39, 0.29) is 0 Å². The average molecular weight is 277 g/mol. The first-order valence-electron chi connectivity index (χ1n) is 5.95. The van der Waals surface area contributed by atoms with E-state index in [1.807, 2.05) is 20.2 Å². The highest BCUT2D eigenvalue weighted by molar-refractivity contribution is 7.98. The van der Waals surface area contributed by atoms with Gasteiger partial charge < -0.3 is 20.6 Å². The molecule has 0 spiro atoms. The molecule has 0 aliphatic rings. The molecule has 0 bridgehead atoms. The monoisotopic (exact) mass is 277 g/mol. The lowest BCUT2D eigenvalue weighted by molar-refractivity contribution is -0.139. The molecule has 6 nitrogen and oxygen atoms in total. The number of rotatable bonds is 9. The Hall–Kier alpha value is -0.950. The Bertz CT molecular complexity index is 264. The number of carbonyl (C=O) groups is 2. The molecule has 0 aliphatic carbocycles. The molecule has 0 aromatic rings. The number of carboxylic acids is 1. The van der Waals surface area contributed by atoms with Crippen LogP contribution in [0.25, 0.3) is 0 Å². The topological polar surface area (TPSA) is 81.7 Å². The zero-order valence-corrected chi connectivity index (χ0v) is 12.0. The fraction of sp³-hybridized carbons (Fsp3) is 0.818. The maximum absolute atomic E-state index is 11.5. The highest BCUT2D eigenvalue weighted by atomic mass is 32.2. The number of carboxylic acid groups (broad SMARTS) is 1. The van der Waals surface area contributed by atoms with E-state index < -0.39 is 18.0 Å². The molecule has 0 rings (SSSR count). The Morgan fingerprint density at radius 2 is 2.11 bits per heavy atom. The Morgan fingerprint density at radius 1 is 1.44 bits per heavy atom. The smallest absolute Gasteiger partial charge is 0.326 e. The van der Waals surface area contributed by atoms with Gasteiger partial charge in [0, 0.05) is 13.1 Å². The number of hydrogen-bond acceptors (Lipinski definition) is 4. The van der Waals surface area contributed by atoms with Crippen LogP contribution in [-0.4, -0.2) is 66.7 Å². The molecule has 0 aromatic heterocycles. The van der Waals surface area contributed by atoms with Gasteiger partial charge in [-0.2, -0.15) is 11.8 Å². The summed E-state index contributed by atoms with van der Waals surface area (Å²) in [5.41, 5.74) is 0. The van der Waals surface area contributed by atoms with Crippen molar-refractivity contribution in [2.75, 3.05) is 38.7 Å². The van der Waals surface area contributed by atoms with Crippen molar-refractivity contribution in [3.63, 3.8) is 0 Å². The van der Waals surface area contributed by atoms with Crippen LogP contribution in [-0.2, 0) is 4.79 Å². The number of amides is 2. The third kappa shape index (κ3) is 8.19. The Labute approximate surface area is 112 Å². The van der Waals surface area contributed by atoms with Gasteiger partial charge in [-0.25, -0.2) is 9.59 Å². The second-order valence-electron chi connectivity index (χ2n) is 3.97. The van der Waals surface area contributed by atoms with Crippen LogP contribution in [0.5, 0.6) is 0 Å². The Balaban J connectivity index is 3.91. The van der Waals surface area contributed by atoms with E-state index in [0.717, 1.165) is 13.1 Å². The summed E-state index contributed by atoms with van der Waals surface area (Å²) in [6.45, 7) is 4.19. The first kappa shape index (κ1) is 17.1. The summed E-state index contributed by atoms with van der Waals surface area (Å²) in [6, 6.07) is -1.24. The lowest BCUT2D eigenvalue weighted by Crippen LogP contribution is -2.47. The number of hydrogen-bond donors (Lipinski definition) is 3. The van der Waals surface area contributed by atoms with E-state index >= 15 is 0 Å². The van der Waals surface area contributed by atoms with Crippen LogP contribution in [0, 0.1) is 0 Å². The third-order valence-electron chi connectivity index (χ3n) is 2.53. The maximum Gasteiger partial charge on any atom is 0.326 e. The Kier molecular flexibility index (Phi) is 9.49. The predicted octanol–water partition coefficient (Wildman–Crippen LogP) is 0.444. The van der Waals surface area contributed by atoms with Crippen molar-refractivity contribution >= 4 is 23.8 Å². The molecule has 106 valence electrons. The quantitative estimate of drug-likeness (QED) is 0.570. The van der Waals surface area contributed by atoms with Gasteiger partial charge in [-0.15, -0.1) is 0 Å². The molecular formula is C11H23N3O3S. The van der Waals surface area contributed by atoms with E-state index in [0.29, 0.717) is 18.7 Å². The van der Waals surface area contributed by atoms with E-state index in [9.17, 15) is 9.59 Å². The maximum atomic E-state index is 11.5. The highest BCUT2D eigenvalue weighted by Crippen LogP contribution is 2.00. The van der Waals surface area contributed by atoms with Crippen molar-refractivity contribution in [2.45, 2.75) is 19.4 Å². The zero-order valence-electron chi connectivity index (χ0n) is 11.2. The van der Waals surface area contributed by atoms with Gasteiger partial charge in [-0.1, -0.05) is 6.92 Å². The summed E-state index contributed by atoms with van der Waals surface area (Å²) in [7, 11) is 1.96. The number of nitrogens with one attached hydrogen (secondary N) is 2. The third-order valence-corrected chi connectivity index (χ3v) is 3.18. The first-order chi connectivity index (χ1) is 8.51. The van der Waals surface area contributed by atoms with Crippen LogP contribution in [0.4, 0.5) is 4.79 Å². The fourth-order valence-electron chi connectivity index (χ4n) is 1.22. The Morgan fingerprint density at radius 3 is 2.61 bits per heavy atom. The molecule has 0 saturated heterocycles. The second-order valence-corrected chi connectivity index (χ2v) is 4.95. The number of carbonyl (C=O) groups excluding carboxylic acids is 1. The van der Waals surface area contributed by atoms with E-state index in [1.54, 1.807) is 11.8 Å². The number of thioether (sulfide) groups is 1. The van der Waals surface area contributed by atoms with Gasteiger partial charge in [-0.3, -0.25) is 0 Å². The van der Waals surface area contributed by atoms with E-state index in [2.05, 4.69) is 15.5 Å². The van der Waals surface area contributed by atoms with Gasteiger partial charge in [0.1, 0.15) is 6.04 Å². The average Bonchev–Trinajstić information content (AvgIpc) is 2.33. The molecule has 0 aromatic carbocycles. The highest BCUT2D eigenvalue weighted by Gasteiger charge is 2.18. The minimum atomic E-state index is -0.995. The van der Waals surface area contributed by atoms with Gasteiger partial charge in [0.2, 0.25) is 0 Å². The minimum Gasteiger partial charge on any atom is -0.480 e. The molecule has 7 heteroatoms. The van der Waals surface area contributed by atoms with Crippen LogP contribution in [0.2, 0.25) is 0 Å². The van der Waals surface area contributed by atoms with Crippen LogP contribution >= 0.6 is 11.8 Å². The SMILES string of the molecule is CCN(C)CCNC(=O)N[C@H](CCSC)C(=O)O. The molecule has 18 heavy (non-hydrogen) atoms. The molecule has 3 N–H and O–H groups in total. The van der Waals surface area contributed by atoms with Gasteiger partial charge >= 0.3 is 12.0 Å². The van der Waals surface area contributed by atoms with Crippen molar-refractivity contribution in [3.05, 3.63) is 0 Å². The predicted molar refractivity (Wildman–Crippen MR) is 74.1 cm³/mol. The fourth-order valence-corrected chi connectivity index (χ4v) is 1.69. The van der Waals surface area contributed by atoms with Crippen LogP contribution in [0.15, 0.2) is 0 Å². The molecule has 0 fully saturated rings. The van der Waals surface area contributed by atoms with Gasteiger partial charge in [0.25, 0.3) is 0 Å². The van der Waals surface area contributed by atoms with Crippen molar-refractivity contribution in [1.29, 1.82) is 0 Å².